The van der Waals surface area contributed by atoms with Crippen LogP contribution in [0.2, 0.25) is 0 Å². The van der Waals surface area contributed by atoms with Crippen LogP contribution in [0.1, 0.15) is 32.6 Å². The molecule has 1 saturated carbocycles. The van der Waals surface area contributed by atoms with Gasteiger partial charge in [0.05, 0.1) is 6.10 Å². The molecule has 0 heterocycles. The summed E-state index contributed by atoms with van der Waals surface area (Å²) >= 11 is 0. The first kappa shape index (κ1) is 14.2. The number of hydrogen-bond donors (Lipinski definition) is 2. The summed E-state index contributed by atoms with van der Waals surface area (Å²) in [5.41, 5.74) is 0. The molecule has 0 aliphatic heterocycles. The van der Waals surface area contributed by atoms with E-state index in [0.717, 1.165) is 32.2 Å². The predicted octanol–water partition coefficient (Wildman–Crippen LogP) is 1.23. The Hall–Kier alpha value is -0.870. The molecule has 1 rings (SSSR count). The quantitative estimate of drug-likeness (QED) is 0.658. The second-order valence-corrected chi connectivity index (χ2v) is 4.44. The van der Waals surface area contributed by atoms with Crippen molar-refractivity contribution in [2.45, 2.75) is 44.8 Å². The molecule has 0 aromatic heterocycles. The zero-order valence-corrected chi connectivity index (χ0v) is 10.7. The van der Waals surface area contributed by atoms with Crippen molar-refractivity contribution in [1.29, 1.82) is 0 Å². The fraction of sp³-hybridized carbons (Fsp3) is 0.769. The minimum atomic E-state index is -0.0568. The molecule has 4 nitrogen and oxygen atoms in total. The van der Waals surface area contributed by atoms with Gasteiger partial charge in [-0.3, -0.25) is 4.79 Å². The van der Waals surface area contributed by atoms with Crippen molar-refractivity contribution in [1.82, 2.24) is 10.6 Å². The minimum absolute atomic E-state index is 0.0568. The van der Waals surface area contributed by atoms with E-state index in [4.69, 9.17) is 4.74 Å². The normalized spacial score (nSPS) is 24.3. The number of rotatable bonds is 7. The first-order valence-corrected chi connectivity index (χ1v) is 6.48. The molecule has 1 amide bonds. The van der Waals surface area contributed by atoms with Gasteiger partial charge < -0.3 is 15.4 Å². The van der Waals surface area contributed by atoms with Crippen LogP contribution in [-0.4, -0.2) is 37.7 Å². The van der Waals surface area contributed by atoms with Gasteiger partial charge in [0.25, 0.3) is 0 Å². The van der Waals surface area contributed by atoms with Crippen LogP contribution in [0.5, 0.6) is 0 Å². The molecule has 0 atom stereocenters. The Morgan fingerprint density at radius 3 is 2.71 bits per heavy atom. The molecule has 0 saturated heterocycles. The van der Waals surface area contributed by atoms with E-state index in [1.807, 2.05) is 0 Å². The maximum atomic E-state index is 11.3. The molecule has 4 heteroatoms. The molecule has 1 aliphatic carbocycles. The van der Waals surface area contributed by atoms with Crippen LogP contribution in [0.3, 0.4) is 0 Å². The van der Waals surface area contributed by atoms with Crippen LogP contribution in [0.15, 0.2) is 12.7 Å². The average molecular weight is 240 g/mol. The standard InChI is InChI=1S/C13H24N2O2/c1-3-9-15-13(16)10-17-12-7-5-11(6-8-12)14-4-2/h3,11-12,14H,1,4-10H2,2H3,(H,15,16). The van der Waals surface area contributed by atoms with Crippen LogP contribution in [0.4, 0.5) is 0 Å². The monoisotopic (exact) mass is 240 g/mol. The molecule has 1 fully saturated rings. The molecule has 0 aromatic rings. The van der Waals surface area contributed by atoms with E-state index in [9.17, 15) is 4.79 Å². The minimum Gasteiger partial charge on any atom is -0.368 e. The van der Waals surface area contributed by atoms with Crippen LogP contribution in [0.25, 0.3) is 0 Å². The summed E-state index contributed by atoms with van der Waals surface area (Å²) in [5.74, 6) is -0.0568. The highest BCUT2D eigenvalue weighted by molar-refractivity contribution is 5.77. The molecule has 98 valence electrons. The predicted molar refractivity (Wildman–Crippen MR) is 68.9 cm³/mol. The van der Waals surface area contributed by atoms with E-state index >= 15 is 0 Å². The lowest BCUT2D eigenvalue weighted by Gasteiger charge is -2.28. The lowest BCUT2D eigenvalue weighted by atomic mass is 9.93. The largest absolute Gasteiger partial charge is 0.368 e. The van der Waals surface area contributed by atoms with E-state index in [1.165, 1.54) is 0 Å². The Morgan fingerprint density at radius 1 is 1.41 bits per heavy atom. The smallest absolute Gasteiger partial charge is 0.246 e. The van der Waals surface area contributed by atoms with E-state index < -0.39 is 0 Å². The second kappa shape index (κ2) is 8.25. The van der Waals surface area contributed by atoms with Crippen molar-refractivity contribution in [3.63, 3.8) is 0 Å². The number of amides is 1. The van der Waals surface area contributed by atoms with Gasteiger partial charge in [-0.2, -0.15) is 0 Å². The average Bonchev–Trinajstić information content (AvgIpc) is 2.36. The van der Waals surface area contributed by atoms with Crippen molar-refractivity contribution in [2.24, 2.45) is 0 Å². The fourth-order valence-corrected chi connectivity index (χ4v) is 2.15. The molecule has 0 bridgehead atoms. The van der Waals surface area contributed by atoms with Gasteiger partial charge in [0.15, 0.2) is 0 Å². The zero-order chi connectivity index (χ0) is 12.5. The third-order valence-electron chi connectivity index (χ3n) is 3.06. The SMILES string of the molecule is C=CCNC(=O)COC1CCC(NCC)CC1. The Balaban J connectivity index is 2.09. The van der Waals surface area contributed by atoms with Gasteiger partial charge in [0.1, 0.15) is 6.61 Å². The fourth-order valence-electron chi connectivity index (χ4n) is 2.15. The van der Waals surface area contributed by atoms with Gasteiger partial charge in [-0.15, -0.1) is 6.58 Å². The maximum Gasteiger partial charge on any atom is 0.246 e. The third kappa shape index (κ3) is 5.84. The molecule has 1 aliphatic rings. The van der Waals surface area contributed by atoms with E-state index in [0.29, 0.717) is 12.6 Å². The Kier molecular flexibility index (Phi) is 6.89. The van der Waals surface area contributed by atoms with Crippen molar-refractivity contribution < 1.29 is 9.53 Å². The lowest BCUT2D eigenvalue weighted by molar-refractivity contribution is -0.128. The molecule has 2 N–H and O–H groups in total. The first-order chi connectivity index (χ1) is 8.26. The van der Waals surface area contributed by atoms with Gasteiger partial charge in [-0.1, -0.05) is 13.0 Å². The van der Waals surface area contributed by atoms with Crippen molar-refractivity contribution >= 4 is 5.91 Å². The summed E-state index contributed by atoms with van der Waals surface area (Å²) in [6.45, 7) is 7.39. The molecular formula is C13H24N2O2. The van der Waals surface area contributed by atoms with E-state index in [2.05, 4.69) is 24.1 Å². The molecule has 0 spiro atoms. The van der Waals surface area contributed by atoms with Gasteiger partial charge in [0, 0.05) is 12.6 Å². The number of carbonyl (C=O) groups excluding carboxylic acids is 1. The summed E-state index contributed by atoms with van der Waals surface area (Å²) in [5, 5.41) is 6.16. The molecular weight excluding hydrogens is 216 g/mol. The summed E-state index contributed by atoms with van der Waals surface area (Å²) < 4.78 is 5.59. The van der Waals surface area contributed by atoms with Crippen LogP contribution < -0.4 is 10.6 Å². The van der Waals surface area contributed by atoms with Gasteiger partial charge >= 0.3 is 0 Å². The van der Waals surface area contributed by atoms with E-state index in [-0.39, 0.29) is 18.6 Å². The van der Waals surface area contributed by atoms with Gasteiger partial charge in [0.2, 0.25) is 5.91 Å². The van der Waals surface area contributed by atoms with E-state index in [1.54, 1.807) is 6.08 Å². The number of nitrogens with one attached hydrogen (secondary N) is 2. The first-order valence-electron chi connectivity index (χ1n) is 6.48. The molecule has 0 aromatic carbocycles. The molecule has 0 radical (unpaired) electrons. The zero-order valence-electron chi connectivity index (χ0n) is 10.7. The highest BCUT2D eigenvalue weighted by Crippen LogP contribution is 2.20. The number of carbonyl (C=O) groups is 1. The third-order valence-corrected chi connectivity index (χ3v) is 3.06. The second-order valence-electron chi connectivity index (χ2n) is 4.44. The molecule has 17 heavy (non-hydrogen) atoms. The van der Waals surface area contributed by atoms with Crippen LogP contribution in [-0.2, 0) is 9.53 Å². The van der Waals surface area contributed by atoms with Crippen LogP contribution in [0, 0.1) is 0 Å². The number of ether oxygens (including phenoxy) is 1. The van der Waals surface area contributed by atoms with Gasteiger partial charge in [-0.25, -0.2) is 0 Å². The summed E-state index contributed by atoms with van der Waals surface area (Å²) in [6, 6.07) is 0.634. The van der Waals surface area contributed by atoms with Gasteiger partial charge in [-0.05, 0) is 32.2 Å². The van der Waals surface area contributed by atoms with Crippen molar-refractivity contribution in [3.05, 3.63) is 12.7 Å². The van der Waals surface area contributed by atoms with Crippen molar-refractivity contribution in [2.75, 3.05) is 19.7 Å². The molecule has 0 unspecified atom stereocenters. The highest BCUT2D eigenvalue weighted by Gasteiger charge is 2.21. The lowest BCUT2D eigenvalue weighted by Crippen LogP contribution is -2.36. The Morgan fingerprint density at radius 2 is 2.12 bits per heavy atom. The Bertz CT molecular complexity index is 236. The topological polar surface area (TPSA) is 50.4 Å². The summed E-state index contributed by atoms with van der Waals surface area (Å²) in [4.78, 5) is 11.3. The summed E-state index contributed by atoms with van der Waals surface area (Å²) in [6.07, 6.45) is 6.30. The van der Waals surface area contributed by atoms with Crippen LogP contribution >= 0.6 is 0 Å². The summed E-state index contributed by atoms with van der Waals surface area (Å²) in [7, 11) is 0. The Labute approximate surface area is 104 Å². The highest BCUT2D eigenvalue weighted by atomic mass is 16.5. The number of hydrogen-bond acceptors (Lipinski definition) is 3. The maximum absolute atomic E-state index is 11.3. The van der Waals surface area contributed by atoms with Crippen molar-refractivity contribution in [3.8, 4) is 0 Å².